The second kappa shape index (κ2) is 6.13. The molecule has 0 aliphatic carbocycles. The molecule has 1 aromatic heterocycles. The highest BCUT2D eigenvalue weighted by molar-refractivity contribution is 6.33. The quantitative estimate of drug-likeness (QED) is 0.844. The van der Waals surface area contributed by atoms with Crippen molar-refractivity contribution in [2.75, 3.05) is 0 Å². The summed E-state index contributed by atoms with van der Waals surface area (Å²) in [7, 11) is 0. The van der Waals surface area contributed by atoms with Gasteiger partial charge in [-0.05, 0) is 24.1 Å². The van der Waals surface area contributed by atoms with Crippen LogP contribution >= 0.6 is 11.6 Å². The molecule has 0 radical (unpaired) electrons. The molecule has 0 bridgehead atoms. The van der Waals surface area contributed by atoms with E-state index in [2.05, 4.69) is 10.1 Å². The Morgan fingerprint density at radius 3 is 2.85 bits per heavy atom. The van der Waals surface area contributed by atoms with E-state index in [-0.39, 0.29) is 34.9 Å². The molecule has 0 fully saturated rings. The number of benzene rings is 1. The summed E-state index contributed by atoms with van der Waals surface area (Å²) in [6.45, 7) is 3.94. The number of halogens is 2. The molecule has 0 unspecified atom stereocenters. The van der Waals surface area contributed by atoms with Crippen molar-refractivity contribution in [3.05, 3.63) is 34.9 Å². The van der Waals surface area contributed by atoms with Gasteiger partial charge in [-0.1, -0.05) is 30.6 Å². The lowest BCUT2D eigenvalue weighted by Gasteiger charge is -2.00. The molecule has 2 aromatic rings. The Morgan fingerprint density at radius 2 is 2.20 bits per heavy atom. The standard InChI is InChI=1S/C14H14ClFN2O2/c1-8(2)5-10(19)7-13-17-14(18-20-13)11-4-3-9(16)6-12(11)15/h3-4,6,8H,5,7H2,1-2H3. The molecular weight excluding hydrogens is 283 g/mol. The molecule has 2 rings (SSSR count). The summed E-state index contributed by atoms with van der Waals surface area (Å²) < 4.78 is 18.0. The Kier molecular flexibility index (Phi) is 4.49. The zero-order valence-electron chi connectivity index (χ0n) is 11.2. The zero-order valence-corrected chi connectivity index (χ0v) is 11.9. The normalized spacial score (nSPS) is 11.1. The topological polar surface area (TPSA) is 56.0 Å². The molecule has 20 heavy (non-hydrogen) atoms. The van der Waals surface area contributed by atoms with Crippen molar-refractivity contribution in [1.82, 2.24) is 10.1 Å². The third kappa shape index (κ3) is 3.63. The maximum Gasteiger partial charge on any atom is 0.234 e. The third-order valence-corrected chi connectivity index (χ3v) is 2.94. The first-order valence-corrected chi connectivity index (χ1v) is 6.63. The zero-order chi connectivity index (χ0) is 14.7. The molecule has 106 valence electrons. The van der Waals surface area contributed by atoms with E-state index >= 15 is 0 Å². The van der Waals surface area contributed by atoms with Crippen molar-refractivity contribution >= 4 is 17.4 Å². The molecule has 1 aromatic carbocycles. The molecular formula is C14H14ClFN2O2. The molecule has 0 aliphatic heterocycles. The predicted octanol–water partition coefficient (Wildman–Crippen LogP) is 3.69. The summed E-state index contributed by atoms with van der Waals surface area (Å²) in [4.78, 5) is 15.8. The van der Waals surface area contributed by atoms with Crippen LogP contribution in [-0.2, 0) is 11.2 Å². The number of ketones is 1. The van der Waals surface area contributed by atoms with Crippen molar-refractivity contribution in [2.45, 2.75) is 26.7 Å². The molecule has 4 nitrogen and oxygen atoms in total. The van der Waals surface area contributed by atoms with Gasteiger partial charge in [0.25, 0.3) is 0 Å². The molecule has 0 amide bonds. The summed E-state index contributed by atoms with van der Waals surface area (Å²) in [5, 5.41) is 3.96. The van der Waals surface area contributed by atoms with Gasteiger partial charge in [0.15, 0.2) is 0 Å². The number of hydrogen-bond donors (Lipinski definition) is 0. The molecule has 0 N–H and O–H groups in total. The Bertz CT molecular complexity index is 625. The molecule has 0 saturated carbocycles. The second-order valence-electron chi connectivity index (χ2n) is 4.95. The van der Waals surface area contributed by atoms with E-state index in [9.17, 15) is 9.18 Å². The minimum absolute atomic E-state index is 0.0420. The van der Waals surface area contributed by atoms with Crippen LogP contribution in [-0.4, -0.2) is 15.9 Å². The van der Waals surface area contributed by atoms with Crippen LogP contribution in [0.4, 0.5) is 4.39 Å². The number of aromatic nitrogens is 2. The fraction of sp³-hybridized carbons (Fsp3) is 0.357. The summed E-state index contributed by atoms with van der Waals surface area (Å²) in [5.74, 6) is 0.389. The van der Waals surface area contributed by atoms with Crippen LogP contribution in [0.2, 0.25) is 5.02 Å². The maximum atomic E-state index is 13.0. The van der Waals surface area contributed by atoms with E-state index in [1.807, 2.05) is 13.8 Å². The summed E-state index contributed by atoms with van der Waals surface area (Å²) in [5.41, 5.74) is 0.472. The van der Waals surface area contributed by atoms with Crippen LogP contribution in [0.25, 0.3) is 11.4 Å². The van der Waals surface area contributed by atoms with Crippen LogP contribution in [0.5, 0.6) is 0 Å². The smallest absolute Gasteiger partial charge is 0.234 e. The van der Waals surface area contributed by atoms with Crippen molar-refractivity contribution < 1.29 is 13.7 Å². The highest BCUT2D eigenvalue weighted by Crippen LogP contribution is 2.26. The van der Waals surface area contributed by atoms with E-state index in [1.54, 1.807) is 0 Å². The maximum absolute atomic E-state index is 13.0. The van der Waals surface area contributed by atoms with Crippen molar-refractivity contribution in [3.8, 4) is 11.4 Å². The van der Waals surface area contributed by atoms with Crippen molar-refractivity contribution in [2.24, 2.45) is 5.92 Å². The first-order valence-electron chi connectivity index (χ1n) is 6.25. The van der Waals surface area contributed by atoms with Crippen LogP contribution in [0.15, 0.2) is 22.7 Å². The van der Waals surface area contributed by atoms with E-state index in [4.69, 9.17) is 16.1 Å². The molecule has 6 heteroatoms. The lowest BCUT2D eigenvalue weighted by Crippen LogP contribution is -2.06. The Labute approximate surface area is 120 Å². The Hall–Kier alpha value is -1.75. The average Bonchev–Trinajstić information content (AvgIpc) is 2.75. The molecule has 0 spiro atoms. The van der Waals surface area contributed by atoms with Gasteiger partial charge in [0, 0.05) is 12.0 Å². The monoisotopic (exact) mass is 296 g/mol. The Balaban J connectivity index is 2.14. The average molecular weight is 297 g/mol. The molecule has 0 atom stereocenters. The number of carbonyl (C=O) groups excluding carboxylic acids is 1. The Morgan fingerprint density at radius 1 is 1.45 bits per heavy atom. The van der Waals surface area contributed by atoms with Crippen molar-refractivity contribution in [3.63, 3.8) is 0 Å². The first kappa shape index (κ1) is 14.7. The second-order valence-corrected chi connectivity index (χ2v) is 5.36. The fourth-order valence-corrected chi connectivity index (χ4v) is 2.05. The summed E-state index contributed by atoms with van der Waals surface area (Å²) in [6, 6.07) is 3.92. The molecule has 1 heterocycles. The van der Waals surface area contributed by atoms with Crippen LogP contribution < -0.4 is 0 Å². The minimum atomic E-state index is -0.436. The van der Waals surface area contributed by atoms with Gasteiger partial charge in [0.05, 0.1) is 11.4 Å². The van der Waals surface area contributed by atoms with Gasteiger partial charge < -0.3 is 4.52 Å². The van der Waals surface area contributed by atoms with Gasteiger partial charge in [-0.25, -0.2) is 4.39 Å². The van der Waals surface area contributed by atoms with Crippen molar-refractivity contribution in [1.29, 1.82) is 0 Å². The predicted molar refractivity (Wildman–Crippen MR) is 72.9 cm³/mol. The number of rotatable bonds is 5. The van der Waals surface area contributed by atoms with E-state index in [0.717, 1.165) is 0 Å². The SMILES string of the molecule is CC(C)CC(=O)Cc1nc(-c2ccc(F)cc2Cl)no1. The largest absolute Gasteiger partial charge is 0.338 e. The van der Waals surface area contributed by atoms with E-state index in [0.29, 0.717) is 12.0 Å². The van der Waals surface area contributed by atoms with Crippen LogP contribution in [0.3, 0.4) is 0 Å². The lowest BCUT2D eigenvalue weighted by molar-refractivity contribution is -0.119. The van der Waals surface area contributed by atoms with Gasteiger partial charge in [0.2, 0.25) is 11.7 Å². The first-order chi connectivity index (χ1) is 9.45. The van der Waals surface area contributed by atoms with Crippen LogP contribution in [0, 0.1) is 11.7 Å². The highest BCUT2D eigenvalue weighted by Gasteiger charge is 2.15. The number of Topliss-reactive ketones (excluding diaryl/α,β-unsaturated/α-hetero) is 1. The third-order valence-electron chi connectivity index (χ3n) is 2.62. The fourth-order valence-electron chi connectivity index (χ4n) is 1.80. The molecule has 0 saturated heterocycles. The van der Waals surface area contributed by atoms with E-state index < -0.39 is 5.82 Å². The van der Waals surface area contributed by atoms with Gasteiger partial charge in [0.1, 0.15) is 11.6 Å². The number of nitrogens with zero attached hydrogens (tertiary/aromatic N) is 2. The van der Waals surface area contributed by atoms with Crippen LogP contribution in [0.1, 0.15) is 26.2 Å². The van der Waals surface area contributed by atoms with Gasteiger partial charge in [-0.15, -0.1) is 0 Å². The summed E-state index contributed by atoms with van der Waals surface area (Å²) in [6.07, 6.45) is 0.568. The van der Waals surface area contributed by atoms with Gasteiger partial charge >= 0.3 is 0 Å². The van der Waals surface area contributed by atoms with E-state index in [1.165, 1.54) is 18.2 Å². The van der Waals surface area contributed by atoms with Gasteiger partial charge in [-0.3, -0.25) is 4.79 Å². The molecule has 0 aliphatic rings. The number of hydrogen-bond acceptors (Lipinski definition) is 4. The summed E-state index contributed by atoms with van der Waals surface area (Å²) >= 11 is 5.92. The minimum Gasteiger partial charge on any atom is -0.338 e. The lowest BCUT2D eigenvalue weighted by atomic mass is 10.1. The van der Waals surface area contributed by atoms with Gasteiger partial charge in [-0.2, -0.15) is 4.98 Å². The number of carbonyl (C=O) groups is 1. The highest BCUT2D eigenvalue weighted by atomic mass is 35.5.